The third-order valence-corrected chi connectivity index (χ3v) is 4.73. The Labute approximate surface area is 159 Å². The second kappa shape index (κ2) is 8.27. The van der Waals surface area contributed by atoms with Gasteiger partial charge in [0.25, 0.3) is 0 Å². The van der Waals surface area contributed by atoms with Crippen molar-refractivity contribution in [2.45, 2.75) is 26.3 Å². The Kier molecular flexibility index (Phi) is 5.81. The van der Waals surface area contributed by atoms with Crippen LogP contribution in [0.25, 0.3) is 6.08 Å². The molecule has 1 heterocycles. The number of hydrogen-bond donors (Lipinski definition) is 1. The van der Waals surface area contributed by atoms with Crippen molar-refractivity contribution in [3.05, 3.63) is 58.8 Å². The molecule has 5 heteroatoms. The van der Waals surface area contributed by atoms with Gasteiger partial charge in [-0.25, -0.2) is 0 Å². The van der Waals surface area contributed by atoms with Gasteiger partial charge in [-0.15, -0.1) is 0 Å². The van der Waals surface area contributed by atoms with Crippen LogP contribution in [0.2, 0.25) is 0 Å². The number of benzene rings is 2. The average Bonchev–Trinajstić information content (AvgIpc) is 2.98. The largest absolute Gasteiger partial charge is 0.872 e. The van der Waals surface area contributed by atoms with Gasteiger partial charge in [-0.3, -0.25) is 4.79 Å². The van der Waals surface area contributed by atoms with E-state index < -0.39 is 0 Å². The van der Waals surface area contributed by atoms with Crippen molar-refractivity contribution < 1.29 is 24.3 Å². The fraction of sp³-hybridized carbons (Fsp3) is 0.318. The van der Waals surface area contributed by atoms with Crippen molar-refractivity contribution in [1.29, 1.82) is 0 Å². The smallest absolute Gasteiger partial charge is 0.231 e. The number of allylic oxidation sites excluding steroid dienone is 1. The maximum Gasteiger partial charge on any atom is 0.231 e. The summed E-state index contributed by atoms with van der Waals surface area (Å²) in [5.41, 5.74) is 1.84. The lowest BCUT2D eigenvalue weighted by Crippen LogP contribution is -3.07. The zero-order valence-electron chi connectivity index (χ0n) is 16.0. The van der Waals surface area contributed by atoms with Gasteiger partial charge in [-0.1, -0.05) is 37.3 Å². The van der Waals surface area contributed by atoms with Gasteiger partial charge in [0.15, 0.2) is 5.76 Å². The summed E-state index contributed by atoms with van der Waals surface area (Å²) in [7, 11) is 3.65. The second-order valence-corrected chi connectivity index (χ2v) is 6.87. The van der Waals surface area contributed by atoms with Crippen LogP contribution in [0.15, 0.2) is 42.2 Å². The summed E-state index contributed by atoms with van der Waals surface area (Å²) in [6.07, 6.45) is 3.89. The van der Waals surface area contributed by atoms with Crippen molar-refractivity contribution in [3.63, 3.8) is 0 Å². The maximum absolute atomic E-state index is 12.7. The monoisotopic (exact) mass is 367 g/mol. The Morgan fingerprint density at radius 1 is 1.26 bits per heavy atom. The predicted molar refractivity (Wildman–Crippen MR) is 102 cm³/mol. The summed E-state index contributed by atoms with van der Waals surface area (Å²) in [5.74, 6) is 1.07. The fourth-order valence-electron chi connectivity index (χ4n) is 3.21. The van der Waals surface area contributed by atoms with E-state index in [0.29, 0.717) is 29.2 Å². The standard InChI is InChI=1S/C22H25NO4/c1-4-5-11-23(2)14-18-19(24)10-9-17-21(25)20(27-22(17)18)13-15-7-6-8-16(12-15)26-3/h6-10,12-13,24H,4-5,11,14H2,1-3H3. The topological polar surface area (TPSA) is 63.0 Å². The lowest BCUT2D eigenvalue weighted by Gasteiger charge is -2.20. The van der Waals surface area contributed by atoms with Gasteiger partial charge in [-0.2, -0.15) is 0 Å². The van der Waals surface area contributed by atoms with E-state index in [0.717, 1.165) is 24.9 Å². The van der Waals surface area contributed by atoms with Gasteiger partial charge < -0.3 is 19.5 Å². The number of unbranched alkanes of at least 4 members (excludes halogenated alkanes) is 1. The van der Waals surface area contributed by atoms with Crippen LogP contribution in [-0.2, 0) is 6.54 Å². The Bertz CT molecular complexity index is 873. The molecule has 0 saturated carbocycles. The van der Waals surface area contributed by atoms with Gasteiger partial charge in [0, 0.05) is 5.56 Å². The average molecular weight is 367 g/mol. The van der Waals surface area contributed by atoms with Crippen LogP contribution in [0.4, 0.5) is 0 Å². The molecule has 27 heavy (non-hydrogen) atoms. The minimum atomic E-state index is -0.194. The summed E-state index contributed by atoms with van der Waals surface area (Å²) >= 11 is 0. The van der Waals surface area contributed by atoms with Gasteiger partial charge in [0.05, 0.1) is 26.3 Å². The molecular formula is C22H25NO4. The molecule has 0 spiro atoms. The Balaban J connectivity index is 1.90. The highest BCUT2D eigenvalue weighted by molar-refractivity contribution is 6.14. The van der Waals surface area contributed by atoms with E-state index in [2.05, 4.69) is 14.0 Å². The maximum atomic E-state index is 12.7. The summed E-state index contributed by atoms with van der Waals surface area (Å²) < 4.78 is 11.1. The van der Waals surface area contributed by atoms with E-state index in [4.69, 9.17) is 9.47 Å². The van der Waals surface area contributed by atoms with Crippen LogP contribution in [0, 0.1) is 0 Å². The number of carbonyl (C=O) groups is 1. The molecule has 0 aliphatic carbocycles. The SMILES string of the molecule is CCCC[NH+](C)Cc1c([O-])ccc2c1OC(=Cc1cccc(OC)c1)C2=O. The first-order chi connectivity index (χ1) is 13.0. The van der Waals surface area contributed by atoms with E-state index >= 15 is 0 Å². The van der Waals surface area contributed by atoms with Crippen LogP contribution >= 0.6 is 0 Å². The number of ketones is 1. The molecule has 1 N–H and O–H groups in total. The van der Waals surface area contributed by atoms with Gasteiger partial charge in [-0.05, 0) is 36.3 Å². The fourth-order valence-corrected chi connectivity index (χ4v) is 3.21. The van der Waals surface area contributed by atoms with Crippen molar-refractivity contribution in [2.24, 2.45) is 0 Å². The summed E-state index contributed by atoms with van der Waals surface area (Å²) in [6.45, 7) is 3.66. The molecule has 1 unspecified atom stereocenters. The normalized spacial score (nSPS) is 15.5. The zero-order chi connectivity index (χ0) is 19.4. The number of Topliss-reactive ketones (excluding diaryl/α,β-unsaturated/α-hetero) is 1. The number of rotatable bonds is 7. The molecule has 1 atom stereocenters. The van der Waals surface area contributed by atoms with Crippen molar-refractivity contribution in [1.82, 2.24) is 0 Å². The third-order valence-electron chi connectivity index (χ3n) is 4.73. The molecule has 0 bridgehead atoms. The highest BCUT2D eigenvalue weighted by atomic mass is 16.5. The molecule has 3 rings (SSSR count). The minimum absolute atomic E-state index is 0.0833. The van der Waals surface area contributed by atoms with Crippen molar-refractivity contribution in [3.8, 4) is 17.2 Å². The van der Waals surface area contributed by atoms with Crippen molar-refractivity contribution >= 4 is 11.9 Å². The number of fused-ring (bicyclic) bond motifs is 1. The molecule has 1 aliphatic heterocycles. The summed E-state index contributed by atoms with van der Waals surface area (Å²) in [4.78, 5) is 14.0. The first kappa shape index (κ1) is 19.0. The number of carbonyl (C=O) groups excluding carboxylic acids is 1. The first-order valence-electron chi connectivity index (χ1n) is 9.26. The van der Waals surface area contributed by atoms with Crippen LogP contribution in [-0.4, -0.2) is 26.5 Å². The van der Waals surface area contributed by atoms with Crippen LogP contribution in [0.5, 0.6) is 17.2 Å². The van der Waals surface area contributed by atoms with Crippen LogP contribution < -0.4 is 19.5 Å². The third kappa shape index (κ3) is 4.14. The number of quaternary nitrogens is 1. The molecule has 0 aromatic heterocycles. The molecule has 5 nitrogen and oxygen atoms in total. The van der Waals surface area contributed by atoms with E-state index in [9.17, 15) is 9.90 Å². The summed E-state index contributed by atoms with van der Waals surface area (Å²) in [6, 6.07) is 10.4. The van der Waals surface area contributed by atoms with E-state index in [-0.39, 0.29) is 17.3 Å². The summed E-state index contributed by atoms with van der Waals surface area (Å²) in [5, 5.41) is 12.4. The Hall–Kier alpha value is -2.79. The minimum Gasteiger partial charge on any atom is -0.872 e. The lowest BCUT2D eigenvalue weighted by molar-refractivity contribution is -0.894. The highest BCUT2D eigenvalue weighted by Crippen LogP contribution is 2.38. The van der Waals surface area contributed by atoms with Gasteiger partial charge >= 0.3 is 0 Å². The van der Waals surface area contributed by atoms with E-state index in [1.165, 1.54) is 11.0 Å². The van der Waals surface area contributed by atoms with Gasteiger partial charge in [0.2, 0.25) is 5.78 Å². The zero-order valence-corrected chi connectivity index (χ0v) is 16.0. The molecular weight excluding hydrogens is 342 g/mol. The van der Waals surface area contributed by atoms with Gasteiger partial charge in [0.1, 0.15) is 18.0 Å². The molecule has 0 saturated heterocycles. The van der Waals surface area contributed by atoms with E-state index in [1.54, 1.807) is 19.3 Å². The van der Waals surface area contributed by atoms with Crippen LogP contribution in [0.3, 0.4) is 0 Å². The molecule has 1 aliphatic rings. The number of methoxy groups -OCH3 is 1. The molecule has 2 aromatic rings. The van der Waals surface area contributed by atoms with E-state index in [1.807, 2.05) is 24.3 Å². The number of hydrogen-bond acceptors (Lipinski definition) is 4. The van der Waals surface area contributed by atoms with Crippen LogP contribution in [0.1, 0.15) is 41.3 Å². The molecule has 142 valence electrons. The molecule has 0 amide bonds. The molecule has 0 fully saturated rings. The number of nitrogens with one attached hydrogen (secondary N) is 1. The highest BCUT2D eigenvalue weighted by Gasteiger charge is 2.30. The lowest BCUT2D eigenvalue weighted by atomic mass is 10.0. The molecule has 2 aromatic carbocycles. The quantitative estimate of drug-likeness (QED) is 0.762. The predicted octanol–water partition coefficient (Wildman–Crippen LogP) is 2.20. The number of ether oxygens (including phenoxy) is 2. The van der Waals surface area contributed by atoms with Crippen molar-refractivity contribution in [2.75, 3.05) is 20.7 Å². The second-order valence-electron chi connectivity index (χ2n) is 6.87. The Morgan fingerprint density at radius 3 is 2.81 bits per heavy atom. The Morgan fingerprint density at radius 2 is 2.07 bits per heavy atom. The molecule has 0 radical (unpaired) electrons. The first-order valence-corrected chi connectivity index (χ1v) is 9.26.